The molecule has 130 valence electrons. The van der Waals surface area contributed by atoms with Gasteiger partial charge in [-0.25, -0.2) is 4.79 Å². The average molecular weight is 333 g/mol. The first-order chi connectivity index (χ1) is 11.2. The molecule has 7 nitrogen and oxygen atoms in total. The Morgan fingerprint density at radius 1 is 1.21 bits per heavy atom. The number of rotatable bonds is 3. The minimum absolute atomic E-state index is 0.182. The lowest BCUT2D eigenvalue weighted by atomic mass is 10.1. The van der Waals surface area contributed by atoms with Gasteiger partial charge in [-0.05, 0) is 39.3 Å². The van der Waals surface area contributed by atoms with E-state index in [-0.39, 0.29) is 24.9 Å². The van der Waals surface area contributed by atoms with E-state index in [0.29, 0.717) is 5.56 Å². The summed E-state index contributed by atoms with van der Waals surface area (Å²) in [7, 11) is 0. The van der Waals surface area contributed by atoms with Gasteiger partial charge in [0.15, 0.2) is 0 Å². The normalized spacial score (nSPS) is 20.5. The Hall–Kier alpha value is -2.57. The van der Waals surface area contributed by atoms with Gasteiger partial charge in [0.1, 0.15) is 11.6 Å². The van der Waals surface area contributed by atoms with Gasteiger partial charge in [0, 0.05) is 18.2 Å². The summed E-state index contributed by atoms with van der Waals surface area (Å²) in [4.78, 5) is 37.4. The molecule has 0 bridgehead atoms. The number of hydrogen-bond acceptors (Lipinski definition) is 4. The Balaban J connectivity index is 2.05. The van der Waals surface area contributed by atoms with E-state index in [2.05, 4.69) is 5.32 Å². The molecule has 24 heavy (non-hydrogen) atoms. The molecule has 7 heteroatoms. The predicted molar refractivity (Wildman–Crippen MR) is 88.2 cm³/mol. The van der Waals surface area contributed by atoms with Crippen LogP contribution >= 0.6 is 0 Å². The van der Waals surface area contributed by atoms with Crippen LogP contribution in [-0.2, 0) is 9.53 Å². The number of nitrogens with two attached hydrogens (primary N) is 1. The van der Waals surface area contributed by atoms with Gasteiger partial charge in [-0.3, -0.25) is 14.5 Å². The van der Waals surface area contributed by atoms with Crippen molar-refractivity contribution in [3.05, 3.63) is 35.9 Å². The maximum absolute atomic E-state index is 12.3. The zero-order valence-corrected chi connectivity index (χ0v) is 14.1. The number of hydrogen-bond donors (Lipinski definition) is 2. The van der Waals surface area contributed by atoms with Gasteiger partial charge in [0.25, 0.3) is 5.91 Å². The highest BCUT2D eigenvalue weighted by Gasteiger charge is 2.41. The molecule has 0 aromatic heterocycles. The van der Waals surface area contributed by atoms with Crippen LogP contribution in [0, 0.1) is 0 Å². The monoisotopic (exact) mass is 333 g/mol. The maximum atomic E-state index is 12.3. The van der Waals surface area contributed by atoms with Gasteiger partial charge in [0.2, 0.25) is 5.91 Å². The van der Waals surface area contributed by atoms with Gasteiger partial charge in [0.05, 0.1) is 0 Å². The van der Waals surface area contributed by atoms with E-state index < -0.39 is 23.6 Å². The summed E-state index contributed by atoms with van der Waals surface area (Å²) < 4.78 is 5.31. The molecule has 3 N–H and O–H groups in total. The number of primary amides is 1. The molecule has 0 aliphatic carbocycles. The number of likely N-dealkylation sites (tertiary alicyclic amines) is 1. The number of ether oxygens (including phenoxy) is 1. The van der Waals surface area contributed by atoms with Crippen LogP contribution in [0.2, 0.25) is 0 Å². The molecule has 0 unspecified atom stereocenters. The summed E-state index contributed by atoms with van der Waals surface area (Å²) in [6.45, 7) is 5.42. The molecule has 3 amide bonds. The fourth-order valence-corrected chi connectivity index (χ4v) is 2.59. The number of nitrogens with zero attached hydrogens (tertiary/aromatic N) is 1. The third-order valence-corrected chi connectivity index (χ3v) is 3.63. The highest BCUT2D eigenvalue weighted by Crippen LogP contribution is 2.21. The number of carbonyl (C=O) groups is 3. The molecule has 1 heterocycles. The van der Waals surface area contributed by atoms with Gasteiger partial charge in [-0.1, -0.05) is 18.2 Å². The second kappa shape index (κ2) is 6.90. The summed E-state index contributed by atoms with van der Waals surface area (Å²) in [5, 5.41) is 2.83. The molecule has 0 spiro atoms. The van der Waals surface area contributed by atoms with Crippen LogP contribution in [0.1, 0.15) is 37.6 Å². The summed E-state index contributed by atoms with van der Waals surface area (Å²) in [5.74, 6) is -0.868. The fraction of sp³-hybridized carbons (Fsp3) is 0.471. The number of benzene rings is 1. The van der Waals surface area contributed by atoms with Crippen molar-refractivity contribution in [2.24, 2.45) is 5.73 Å². The van der Waals surface area contributed by atoms with E-state index in [1.54, 1.807) is 45.0 Å². The lowest BCUT2D eigenvalue weighted by Gasteiger charge is -2.27. The first kappa shape index (κ1) is 17.8. The third kappa shape index (κ3) is 4.47. The van der Waals surface area contributed by atoms with Crippen molar-refractivity contribution in [3.8, 4) is 0 Å². The predicted octanol–water partition coefficient (Wildman–Crippen LogP) is 1.28. The zero-order valence-electron chi connectivity index (χ0n) is 14.1. The fourth-order valence-electron chi connectivity index (χ4n) is 2.59. The van der Waals surface area contributed by atoms with Crippen molar-refractivity contribution >= 4 is 17.9 Å². The van der Waals surface area contributed by atoms with E-state index in [1.165, 1.54) is 4.90 Å². The van der Waals surface area contributed by atoms with E-state index in [0.717, 1.165) is 0 Å². The van der Waals surface area contributed by atoms with Crippen LogP contribution < -0.4 is 11.1 Å². The largest absolute Gasteiger partial charge is 0.444 e. The van der Waals surface area contributed by atoms with Crippen LogP contribution in [-0.4, -0.2) is 47.0 Å². The molecular weight excluding hydrogens is 310 g/mol. The van der Waals surface area contributed by atoms with Crippen LogP contribution in [0.4, 0.5) is 4.79 Å². The van der Waals surface area contributed by atoms with Gasteiger partial charge >= 0.3 is 6.09 Å². The van der Waals surface area contributed by atoms with Crippen molar-refractivity contribution in [2.45, 2.75) is 44.9 Å². The molecule has 0 saturated carbocycles. The molecule has 2 atom stereocenters. The molecule has 1 aliphatic rings. The minimum atomic E-state index is -0.791. The molecule has 1 aromatic rings. The number of nitrogens with one attached hydrogen (secondary N) is 1. The molecular formula is C17H23N3O4. The molecule has 0 radical (unpaired) electrons. The summed E-state index contributed by atoms with van der Waals surface area (Å²) in [6.07, 6.45) is -0.338. The Bertz CT molecular complexity index is 624. The lowest BCUT2D eigenvalue weighted by molar-refractivity contribution is -0.122. The smallest absolute Gasteiger partial charge is 0.411 e. The van der Waals surface area contributed by atoms with Crippen molar-refractivity contribution < 1.29 is 19.1 Å². The Kier molecular flexibility index (Phi) is 5.11. The minimum Gasteiger partial charge on any atom is -0.444 e. The Morgan fingerprint density at radius 2 is 1.83 bits per heavy atom. The van der Waals surface area contributed by atoms with E-state index in [9.17, 15) is 14.4 Å². The highest BCUT2D eigenvalue weighted by molar-refractivity contribution is 5.94. The van der Waals surface area contributed by atoms with E-state index in [4.69, 9.17) is 10.5 Å². The molecule has 1 aromatic carbocycles. The topological polar surface area (TPSA) is 102 Å². The third-order valence-electron chi connectivity index (χ3n) is 3.63. The van der Waals surface area contributed by atoms with Crippen molar-refractivity contribution in [3.63, 3.8) is 0 Å². The van der Waals surface area contributed by atoms with Crippen molar-refractivity contribution in [1.29, 1.82) is 0 Å². The number of amides is 3. The quantitative estimate of drug-likeness (QED) is 0.870. The Labute approximate surface area is 141 Å². The summed E-state index contributed by atoms with van der Waals surface area (Å²) in [5.41, 5.74) is 5.23. The van der Waals surface area contributed by atoms with Gasteiger partial charge < -0.3 is 15.8 Å². The van der Waals surface area contributed by atoms with Gasteiger partial charge in [-0.15, -0.1) is 0 Å². The standard InChI is InChI=1S/C17H23N3O4/c1-17(2,3)24-16(23)20-10-12(9-13(20)14(18)21)19-15(22)11-7-5-4-6-8-11/h4-8,12-13H,9-10H2,1-3H3,(H2,18,21)(H,19,22)/t12-,13+/m1/s1. The second-order valence-corrected chi connectivity index (χ2v) is 6.82. The lowest BCUT2D eigenvalue weighted by Crippen LogP contribution is -2.46. The number of carbonyl (C=O) groups excluding carboxylic acids is 3. The second-order valence-electron chi connectivity index (χ2n) is 6.82. The highest BCUT2D eigenvalue weighted by atomic mass is 16.6. The maximum Gasteiger partial charge on any atom is 0.411 e. The summed E-state index contributed by atoms with van der Waals surface area (Å²) in [6, 6.07) is 7.59. The van der Waals surface area contributed by atoms with Crippen molar-refractivity contribution in [1.82, 2.24) is 10.2 Å². The van der Waals surface area contributed by atoms with E-state index >= 15 is 0 Å². The first-order valence-corrected chi connectivity index (χ1v) is 7.82. The van der Waals surface area contributed by atoms with Crippen molar-refractivity contribution in [2.75, 3.05) is 6.54 Å². The summed E-state index contributed by atoms with van der Waals surface area (Å²) >= 11 is 0. The SMILES string of the molecule is CC(C)(C)OC(=O)N1C[C@H](NC(=O)c2ccccc2)C[C@H]1C(N)=O. The molecule has 2 rings (SSSR count). The van der Waals surface area contributed by atoms with Crippen LogP contribution in [0.3, 0.4) is 0 Å². The first-order valence-electron chi connectivity index (χ1n) is 7.82. The van der Waals surface area contributed by atoms with Crippen LogP contribution in [0.15, 0.2) is 30.3 Å². The van der Waals surface area contributed by atoms with E-state index in [1.807, 2.05) is 6.07 Å². The average Bonchev–Trinajstić information content (AvgIpc) is 2.90. The Morgan fingerprint density at radius 3 is 2.38 bits per heavy atom. The zero-order chi connectivity index (χ0) is 17.9. The molecule has 1 aliphatic heterocycles. The molecule has 1 saturated heterocycles. The van der Waals surface area contributed by atoms with Gasteiger partial charge in [-0.2, -0.15) is 0 Å². The van der Waals surface area contributed by atoms with Crippen LogP contribution in [0.5, 0.6) is 0 Å². The molecule has 1 fully saturated rings. The van der Waals surface area contributed by atoms with Crippen LogP contribution in [0.25, 0.3) is 0 Å².